The molecule has 1 saturated heterocycles. The van der Waals surface area contributed by atoms with Gasteiger partial charge in [0.2, 0.25) is 0 Å². The molecule has 0 aliphatic carbocycles. The maximum atomic E-state index is 11.8. The van der Waals surface area contributed by atoms with E-state index in [1.165, 1.54) is 25.3 Å². The molecule has 1 aliphatic rings. The largest absolute Gasteiger partial charge is 0.457 e. The van der Waals surface area contributed by atoms with Gasteiger partial charge in [-0.15, -0.1) is 0 Å². The van der Waals surface area contributed by atoms with Gasteiger partial charge in [-0.1, -0.05) is 0 Å². The molecule has 0 spiro atoms. The number of rotatable bonds is 3. The Morgan fingerprint density at radius 2 is 2.00 bits per heavy atom. The number of benzene rings is 1. The highest BCUT2D eigenvalue weighted by molar-refractivity contribution is 6.13. The van der Waals surface area contributed by atoms with Crippen LogP contribution in [-0.2, 0) is 4.79 Å². The SMILES string of the molecule is Cc1cc([N+](=O)[O-])ccc1-c1ccc(/C=C2\NC(=O)N(C)C2=O)o1. The van der Waals surface area contributed by atoms with Crippen LogP contribution in [-0.4, -0.2) is 28.8 Å². The number of nitro benzene ring substituents is 1. The molecule has 3 amide bonds. The minimum absolute atomic E-state index is 0.00690. The Bertz CT molecular complexity index is 897. The summed E-state index contributed by atoms with van der Waals surface area (Å²) in [7, 11) is 1.38. The number of imide groups is 1. The summed E-state index contributed by atoms with van der Waals surface area (Å²) in [5, 5.41) is 13.2. The molecule has 2 heterocycles. The standard InChI is InChI=1S/C16H13N3O5/c1-9-7-10(19(22)23)3-5-12(9)14-6-4-11(24-14)8-13-15(20)18(2)16(21)17-13/h3-8H,1-2H3,(H,17,21)/b13-8-. The second kappa shape index (κ2) is 5.65. The van der Waals surface area contributed by atoms with Gasteiger partial charge in [-0.05, 0) is 30.7 Å². The zero-order valence-electron chi connectivity index (χ0n) is 12.9. The van der Waals surface area contributed by atoms with Crippen LogP contribution >= 0.6 is 0 Å². The van der Waals surface area contributed by atoms with Crippen LogP contribution in [0, 0.1) is 17.0 Å². The third kappa shape index (κ3) is 2.65. The molecule has 1 aromatic heterocycles. The van der Waals surface area contributed by atoms with Crippen LogP contribution in [0.25, 0.3) is 17.4 Å². The van der Waals surface area contributed by atoms with E-state index in [1.807, 2.05) is 0 Å². The van der Waals surface area contributed by atoms with Crippen molar-refractivity contribution in [3.63, 3.8) is 0 Å². The number of amides is 3. The summed E-state index contributed by atoms with van der Waals surface area (Å²) in [6.45, 7) is 1.75. The second-order valence-electron chi connectivity index (χ2n) is 5.31. The number of hydrogen-bond donors (Lipinski definition) is 1. The Kier molecular flexibility index (Phi) is 3.64. The lowest BCUT2D eigenvalue weighted by Gasteiger charge is -2.02. The van der Waals surface area contributed by atoms with Gasteiger partial charge in [0.15, 0.2) is 0 Å². The third-order valence-corrected chi connectivity index (χ3v) is 3.68. The van der Waals surface area contributed by atoms with Crippen molar-refractivity contribution in [2.45, 2.75) is 6.92 Å². The van der Waals surface area contributed by atoms with E-state index in [1.54, 1.807) is 25.1 Å². The average molecular weight is 327 g/mol. The van der Waals surface area contributed by atoms with Crippen LogP contribution < -0.4 is 5.32 Å². The molecular formula is C16H13N3O5. The van der Waals surface area contributed by atoms with Gasteiger partial charge in [0.25, 0.3) is 11.6 Å². The Hall–Kier alpha value is -3.42. The first-order valence-electron chi connectivity index (χ1n) is 7.03. The molecular weight excluding hydrogens is 314 g/mol. The minimum Gasteiger partial charge on any atom is -0.457 e. The molecule has 0 unspecified atom stereocenters. The lowest BCUT2D eigenvalue weighted by atomic mass is 10.1. The van der Waals surface area contributed by atoms with E-state index in [-0.39, 0.29) is 11.4 Å². The number of carbonyl (C=O) groups excluding carboxylic acids is 2. The molecule has 1 N–H and O–H groups in total. The lowest BCUT2D eigenvalue weighted by Crippen LogP contribution is -2.25. The quantitative estimate of drug-likeness (QED) is 0.404. The maximum Gasteiger partial charge on any atom is 0.328 e. The van der Waals surface area contributed by atoms with Gasteiger partial charge in [-0.25, -0.2) is 4.79 Å². The highest BCUT2D eigenvalue weighted by Crippen LogP contribution is 2.29. The van der Waals surface area contributed by atoms with Crippen molar-refractivity contribution in [3.8, 4) is 11.3 Å². The molecule has 0 radical (unpaired) electrons. The molecule has 0 bridgehead atoms. The summed E-state index contributed by atoms with van der Waals surface area (Å²) in [4.78, 5) is 34.5. The second-order valence-corrected chi connectivity index (χ2v) is 5.31. The summed E-state index contributed by atoms with van der Waals surface area (Å²) >= 11 is 0. The predicted molar refractivity (Wildman–Crippen MR) is 84.8 cm³/mol. The summed E-state index contributed by atoms with van der Waals surface area (Å²) in [5.74, 6) is 0.463. The topological polar surface area (TPSA) is 106 Å². The van der Waals surface area contributed by atoms with Crippen molar-refractivity contribution in [2.24, 2.45) is 0 Å². The van der Waals surface area contributed by atoms with Crippen molar-refractivity contribution in [1.82, 2.24) is 10.2 Å². The fourth-order valence-corrected chi connectivity index (χ4v) is 2.38. The summed E-state index contributed by atoms with van der Waals surface area (Å²) in [6, 6.07) is 7.33. The number of carbonyl (C=O) groups is 2. The van der Waals surface area contributed by atoms with Crippen molar-refractivity contribution >= 4 is 23.7 Å². The lowest BCUT2D eigenvalue weighted by molar-refractivity contribution is -0.384. The van der Waals surface area contributed by atoms with Gasteiger partial charge in [0, 0.05) is 30.8 Å². The van der Waals surface area contributed by atoms with Crippen LogP contribution in [0.5, 0.6) is 0 Å². The van der Waals surface area contributed by atoms with E-state index in [0.29, 0.717) is 22.6 Å². The Morgan fingerprint density at radius 1 is 1.25 bits per heavy atom. The summed E-state index contributed by atoms with van der Waals surface area (Å²) in [6.07, 6.45) is 1.44. The Labute approximate surface area is 136 Å². The molecule has 8 heteroatoms. The van der Waals surface area contributed by atoms with Crippen molar-refractivity contribution in [3.05, 3.63) is 57.5 Å². The number of hydrogen-bond acceptors (Lipinski definition) is 5. The van der Waals surface area contributed by atoms with Gasteiger partial charge >= 0.3 is 6.03 Å². The summed E-state index contributed by atoms with van der Waals surface area (Å²) < 4.78 is 5.66. The molecule has 122 valence electrons. The molecule has 2 aromatic rings. The minimum atomic E-state index is -0.496. The van der Waals surface area contributed by atoms with Crippen LogP contribution in [0.2, 0.25) is 0 Å². The fraction of sp³-hybridized carbons (Fsp3) is 0.125. The monoisotopic (exact) mass is 327 g/mol. The molecule has 3 rings (SSSR count). The smallest absolute Gasteiger partial charge is 0.328 e. The van der Waals surface area contributed by atoms with Gasteiger partial charge in [-0.2, -0.15) is 0 Å². The number of non-ortho nitro benzene ring substituents is 1. The number of urea groups is 1. The Balaban J connectivity index is 1.91. The normalized spacial score (nSPS) is 15.9. The maximum absolute atomic E-state index is 11.8. The van der Waals surface area contributed by atoms with Gasteiger partial charge in [0.1, 0.15) is 17.2 Å². The zero-order chi connectivity index (χ0) is 17.4. The first kappa shape index (κ1) is 15.5. The van der Waals surface area contributed by atoms with Crippen LogP contribution in [0.15, 0.2) is 40.4 Å². The number of nitrogens with one attached hydrogen (secondary N) is 1. The first-order chi connectivity index (χ1) is 11.4. The molecule has 0 saturated carbocycles. The molecule has 1 aliphatic heterocycles. The molecule has 24 heavy (non-hydrogen) atoms. The number of furan rings is 1. The third-order valence-electron chi connectivity index (χ3n) is 3.68. The zero-order valence-corrected chi connectivity index (χ0v) is 12.9. The molecule has 1 aromatic carbocycles. The highest BCUT2D eigenvalue weighted by Gasteiger charge is 2.30. The van der Waals surface area contributed by atoms with Crippen LogP contribution in [0.1, 0.15) is 11.3 Å². The fourth-order valence-electron chi connectivity index (χ4n) is 2.38. The van der Waals surface area contributed by atoms with E-state index in [9.17, 15) is 19.7 Å². The Morgan fingerprint density at radius 3 is 2.58 bits per heavy atom. The highest BCUT2D eigenvalue weighted by atomic mass is 16.6. The number of likely N-dealkylation sites (N-methyl/N-ethyl adjacent to an activating group) is 1. The van der Waals surface area contributed by atoms with Gasteiger partial charge < -0.3 is 9.73 Å². The van der Waals surface area contributed by atoms with Crippen LogP contribution in [0.3, 0.4) is 0 Å². The van der Waals surface area contributed by atoms with Crippen molar-refractivity contribution in [1.29, 1.82) is 0 Å². The summed E-state index contributed by atoms with van der Waals surface area (Å²) in [5.41, 5.74) is 1.54. The first-order valence-corrected chi connectivity index (χ1v) is 7.03. The molecule has 8 nitrogen and oxygen atoms in total. The average Bonchev–Trinajstić information content (AvgIpc) is 3.08. The van der Waals surface area contributed by atoms with Crippen molar-refractivity contribution < 1.29 is 18.9 Å². The van der Waals surface area contributed by atoms with E-state index in [0.717, 1.165) is 4.90 Å². The number of aryl methyl sites for hydroxylation is 1. The predicted octanol–water partition coefficient (Wildman–Crippen LogP) is 2.69. The number of nitro groups is 1. The van der Waals surface area contributed by atoms with E-state index < -0.39 is 16.9 Å². The molecule has 0 atom stereocenters. The number of nitrogens with zero attached hydrogens (tertiary/aromatic N) is 2. The van der Waals surface area contributed by atoms with E-state index >= 15 is 0 Å². The van der Waals surface area contributed by atoms with E-state index in [4.69, 9.17) is 4.42 Å². The van der Waals surface area contributed by atoms with Crippen LogP contribution in [0.4, 0.5) is 10.5 Å². The van der Waals surface area contributed by atoms with E-state index in [2.05, 4.69) is 5.32 Å². The van der Waals surface area contributed by atoms with Gasteiger partial charge in [-0.3, -0.25) is 19.8 Å². The van der Waals surface area contributed by atoms with Gasteiger partial charge in [0.05, 0.1) is 4.92 Å². The van der Waals surface area contributed by atoms with Crippen molar-refractivity contribution in [2.75, 3.05) is 7.05 Å². The molecule has 1 fully saturated rings.